The smallest absolute Gasteiger partial charge is 0.126 e. The van der Waals surface area contributed by atoms with Crippen LogP contribution in [-0.2, 0) is 5.75 Å². The molecule has 0 unspecified atom stereocenters. The van der Waals surface area contributed by atoms with Crippen LogP contribution in [0.25, 0.3) is 0 Å². The minimum Gasteiger partial charge on any atom is -0.396 e. The Morgan fingerprint density at radius 2 is 2.33 bits per heavy atom. The predicted molar refractivity (Wildman–Crippen MR) is 66.7 cm³/mol. The van der Waals surface area contributed by atoms with Gasteiger partial charge >= 0.3 is 0 Å². The number of hydrogen-bond donors (Lipinski definition) is 2. The Hall–Kier alpha value is -0.450. The molecule has 15 heavy (non-hydrogen) atoms. The lowest BCUT2D eigenvalue weighted by Gasteiger charge is -2.07. The summed E-state index contributed by atoms with van der Waals surface area (Å²) in [6.07, 6.45) is 0. The molecule has 0 aromatic carbocycles. The summed E-state index contributed by atoms with van der Waals surface area (Å²) in [5.74, 6) is 2.30. The number of hydrogen-bond acceptors (Lipinski definition) is 4. The van der Waals surface area contributed by atoms with E-state index in [0.29, 0.717) is 10.8 Å². The Morgan fingerprint density at radius 3 is 3.00 bits per heavy atom. The molecule has 1 heterocycles. The number of aromatic nitrogens is 1. The third-order valence-corrected chi connectivity index (χ3v) is 3.04. The molecule has 0 bridgehead atoms. The molecule has 2 N–H and O–H groups in total. The molecule has 0 aliphatic heterocycles. The average Bonchev–Trinajstić information content (AvgIpc) is 2.23. The van der Waals surface area contributed by atoms with Gasteiger partial charge in [-0.25, -0.2) is 4.98 Å². The number of halogens is 1. The first-order valence-electron chi connectivity index (χ1n) is 4.85. The molecule has 0 amide bonds. The summed E-state index contributed by atoms with van der Waals surface area (Å²) < 4.78 is 0. The molecule has 1 rings (SSSR count). The zero-order chi connectivity index (χ0) is 11.1. The van der Waals surface area contributed by atoms with Gasteiger partial charge in [-0.1, -0.05) is 11.6 Å². The lowest BCUT2D eigenvalue weighted by molar-refractivity contribution is 0.322. The van der Waals surface area contributed by atoms with Crippen LogP contribution in [0.4, 0.5) is 5.82 Å². The summed E-state index contributed by atoms with van der Waals surface area (Å²) in [5.41, 5.74) is 0.869. The summed E-state index contributed by atoms with van der Waals surface area (Å²) in [7, 11) is 0. The second-order valence-electron chi connectivity index (χ2n) is 2.93. The number of nitrogens with one attached hydrogen (secondary N) is 1. The van der Waals surface area contributed by atoms with Gasteiger partial charge in [0.2, 0.25) is 0 Å². The van der Waals surface area contributed by atoms with Crippen LogP contribution in [0.15, 0.2) is 12.1 Å². The number of aliphatic hydroxyl groups is 1. The molecule has 0 fully saturated rings. The minimum atomic E-state index is 0.190. The minimum absolute atomic E-state index is 0.190. The van der Waals surface area contributed by atoms with Crippen LogP contribution < -0.4 is 5.32 Å². The van der Waals surface area contributed by atoms with Gasteiger partial charge in [-0.2, -0.15) is 11.8 Å². The zero-order valence-corrected chi connectivity index (χ0v) is 10.2. The van der Waals surface area contributed by atoms with Gasteiger partial charge < -0.3 is 10.4 Å². The van der Waals surface area contributed by atoms with Crippen LogP contribution in [0.1, 0.15) is 12.6 Å². The topological polar surface area (TPSA) is 45.1 Å². The molecular formula is C10H15ClN2OS. The Kier molecular flexibility index (Phi) is 5.83. The van der Waals surface area contributed by atoms with Crippen LogP contribution in [0.5, 0.6) is 0 Å². The molecule has 0 atom stereocenters. The van der Waals surface area contributed by atoms with Gasteiger partial charge in [0.25, 0.3) is 0 Å². The number of nitrogens with zero attached hydrogens (tertiary/aromatic N) is 1. The van der Waals surface area contributed by atoms with E-state index in [1.54, 1.807) is 11.8 Å². The van der Waals surface area contributed by atoms with E-state index in [-0.39, 0.29) is 6.61 Å². The van der Waals surface area contributed by atoms with Gasteiger partial charge in [-0.15, -0.1) is 0 Å². The van der Waals surface area contributed by atoms with Gasteiger partial charge in [0.05, 0.1) is 17.3 Å². The van der Waals surface area contributed by atoms with Crippen LogP contribution in [0.2, 0.25) is 5.02 Å². The van der Waals surface area contributed by atoms with Crippen molar-refractivity contribution in [2.45, 2.75) is 12.7 Å². The maximum absolute atomic E-state index is 8.67. The van der Waals surface area contributed by atoms with E-state index in [1.165, 1.54) is 0 Å². The number of thioether (sulfide) groups is 1. The van der Waals surface area contributed by atoms with Crippen LogP contribution in [-0.4, -0.2) is 29.0 Å². The van der Waals surface area contributed by atoms with E-state index in [4.69, 9.17) is 16.7 Å². The number of aliphatic hydroxyl groups excluding tert-OH is 1. The number of anilines is 1. The summed E-state index contributed by atoms with van der Waals surface area (Å²) in [6, 6.07) is 3.72. The van der Waals surface area contributed by atoms with Gasteiger partial charge in [0, 0.05) is 18.1 Å². The van der Waals surface area contributed by atoms with Crippen LogP contribution in [0, 0.1) is 0 Å². The molecular weight excluding hydrogens is 232 g/mol. The standard InChI is InChI=1S/C10H15ClN2OS/c1-2-12-10-4-3-8(11)9(13-10)7-15-6-5-14/h3-4,14H,2,5-7H2,1H3,(H,12,13). The summed E-state index contributed by atoms with van der Waals surface area (Å²) >= 11 is 7.63. The highest BCUT2D eigenvalue weighted by Crippen LogP contribution is 2.21. The van der Waals surface area contributed by atoms with Gasteiger partial charge in [0.15, 0.2) is 0 Å². The van der Waals surface area contributed by atoms with Crippen LogP contribution in [0.3, 0.4) is 0 Å². The Balaban J connectivity index is 2.63. The van der Waals surface area contributed by atoms with E-state index in [0.717, 1.165) is 23.8 Å². The third-order valence-electron chi connectivity index (χ3n) is 1.75. The fourth-order valence-electron chi connectivity index (χ4n) is 1.10. The molecule has 0 saturated carbocycles. The van der Waals surface area contributed by atoms with Crippen molar-refractivity contribution in [3.8, 4) is 0 Å². The molecule has 0 saturated heterocycles. The highest BCUT2D eigenvalue weighted by Gasteiger charge is 2.03. The Bertz CT molecular complexity index is 309. The third kappa shape index (κ3) is 4.28. The monoisotopic (exact) mass is 246 g/mol. The average molecular weight is 247 g/mol. The first kappa shape index (κ1) is 12.6. The fourth-order valence-corrected chi connectivity index (χ4v) is 2.04. The molecule has 0 radical (unpaired) electrons. The molecule has 5 heteroatoms. The number of rotatable bonds is 6. The summed E-state index contributed by atoms with van der Waals surface area (Å²) in [6.45, 7) is 3.06. The van der Waals surface area contributed by atoms with Crippen molar-refractivity contribution < 1.29 is 5.11 Å². The van der Waals surface area contributed by atoms with E-state index < -0.39 is 0 Å². The quantitative estimate of drug-likeness (QED) is 0.757. The Labute approximate surface area is 99.2 Å². The van der Waals surface area contributed by atoms with Crippen molar-refractivity contribution in [3.05, 3.63) is 22.8 Å². The van der Waals surface area contributed by atoms with Crippen molar-refractivity contribution in [2.24, 2.45) is 0 Å². The molecule has 1 aromatic heterocycles. The molecule has 84 valence electrons. The SMILES string of the molecule is CCNc1ccc(Cl)c(CSCCO)n1. The lowest BCUT2D eigenvalue weighted by Crippen LogP contribution is -2.01. The largest absolute Gasteiger partial charge is 0.396 e. The van der Waals surface area contributed by atoms with E-state index in [9.17, 15) is 0 Å². The molecule has 0 aliphatic carbocycles. The first-order valence-corrected chi connectivity index (χ1v) is 6.39. The van der Waals surface area contributed by atoms with Crippen molar-refractivity contribution >= 4 is 29.2 Å². The van der Waals surface area contributed by atoms with Gasteiger partial charge in [-0.05, 0) is 19.1 Å². The lowest BCUT2D eigenvalue weighted by atomic mass is 10.3. The maximum Gasteiger partial charge on any atom is 0.126 e. The second-order valence-corrected chi connectivity index (χ2v) is 4.44. The van der Waals surface area contributed by atoms with Crippen molar-refractivity contribution in [2.75, 3.05) is 24.2 Å². The fraction of sp³-hybridized carbons (Fsp3) is 0.500. The molecule has 0 aliphatic rings. The van der Waals surface area contributed by atoms with E-state index >= 15 is 0 Å². The highest BCUT2D eigenvalue weighted by molar-refractivity contribution is 7.98. The zero-order valence-electron chi connectivity index (χ0n) is 8.66. The van der Waals surface area contributed by atoms with Crippen molar-refractivity contribution in [1.82, 2.24) is 4.98 Å². The van der Waals surface area contributed by atoms with Crippen molar-refractivity contribution in [1.29, 1.82) is 0 Å². The molecule has 3 nitrogen and oxygen atoms in total. The maximum atomic E-state index is 8.67. The summed E-state index contributed by atoms with van der Waals surface area (Å²) in [4.78, 5) is 4.39. The second kappa shape index (κ2) is 6.93. The Morgan fingerprint density at radius 1 is 1.53 bits per heavy atom. The van der Waals surface area contributed by atoms with E-state index in [2.05, 4.69) is 10.3 Å². The van der Waals surface area contributed by atoms with Gasteiger partial charge in [0.1, 0.15) is 5.82 Å². The first-order chi connectivity index (χ1) is 7.27. The van der Waals surface area contributed by atoms with E-state index in [1.807, 2.05) is 19.1 Å². The normalized spacial score (nSPS) is 10.3. The molecule has 1 aromatic rings. The number of pyridine rings is 1. The van der Waals surface area contributed by atoms with Gasteiger partial charge in [-0.3, -0.25) is 0 Å². The van der Waals surface area contributed by atoms with Crippen LogP contribution >= 0.6 is 23.4 Å². The summed E-state index contributed by atoms with van der Waals surface area (Å²) in [5, 5.41) is 12.5. The predicted octanol–water partition coefficient (Wildman–Crippen LogP) is 2.39. The highest BCUT2D eigenvalue weighted by atomic mass is 35.5. The van der Waals surface area contributed by atoms with Crippen molar-refractivity contribution in [3.63, 3.8) is 0 Å². The molecule has 0 spiro atoms.